The number of nitrogens with zero attached hydrogens (tertiary/aromatic N) is 2. The highest BCUT2D eigenvalue weighted by molar-refractivity contribution is 8.93. The Bertz CT molecular complexity index is 715. The van der Waals surface area contributed by atoms with E-state index >= 15 is 0 Å². The molecule has 2 heterocycles. The van der Waals surface area contributed by atoms with Gasteiger partial charge in [0.2, 0.25) is 0 Å². The zero-order valence-electron chi connectivity index (χ0n) is 11.7. The molecular formula is C16H15BrN3OS+. The molecule has 0 aliphatic heterocycles. The lowest BCUT2D eigenvalue weighted by molar-refractivity contribution is -0.686. The van der Waals surface area contributed by atoms with E-state index in [4.69, 9.17) is 0 Å². The Morgan fingerprint density at radius 3 is 2.59 bits per heavy atom. The van der Waals surface area contributed by atoms with Gasteiger partial charge >= 0.3 is 0 Å². The van der Waals surface area contributed by atoms with Gasteiger partial charge in [-0.1, -0.05) is 24.3 Å². The van der Waals surface area contributed by atoms with Gasteiger partial charge in [0.1, 0.15) is 0 Å². The number of aromatic nitrogens is 2. The van der Waals surface area contributed by atoms with Crippen LogP contribution in [0.3, 0.4) is 0 Å². The van der Waals surface area contributed by atoms with Crippen LogP contribution in [0.25, 0.3) is 10.6 Å². The largest absolute Gasteiger partial charge is 0.323 e. The molecule has 0 saturated carbocycles. The minimum absolute atomic E-state index is 0. The summed E-state index contributed by atoms with van der Waals surface area (Å²) in [5, 5.41) is 4.87. The SMILES string of the molecule is Br.O=C(C[n+]1ccc(-c2cccs2)nc1)Nc1ccccc1. The summed E-state index contributed by atoms with van der Waals surface area (Å²) >= 11 is 1.65. The number of anilines is 1. The van der Waals surface area contributed by atoms with Gasteiger partial charge in [0.25, 0.3) is 12.2 Å². The van der Waals surface area contributed by atoms with Crippen molar-refractivity contribution < 1.29 is 9.36 Å². The van der Waals surface area contributed by atoms with Crippen molar-refractivity contribution in [2.24, 2.45) is 0 Å². The minimum Gasteiger partial charge on any atom is -0.323 e. The van der Waals surface area contributed by atoms with Gasteiger partial charge in [-0.3, -0.25) is 4.79 Å². The zero-order valence-corrected chi connectivity index (χ0v) is 14.2. The summed E-state index contributed by atoms with van der Waals surface area (Å²) in [6.07, 6.45) is 3.55. The summed E-state index contributed by atoms with van der Waals surface area (Å²) in [7, 11) is 0. The molecule has 0 spiro atoms. The molecule has 0 saturated heterocycles. The molecule has 0 bridgehead atoms. The highest BCUT2D eigenvalue weighted by Gasteiger charge is 2.10. The van der Waals surface area contributed by atoms with Crippen LogP contribution in [-0.2, 0) is 11.3 Å². The number of nitrogens with one attached hydrogen (secondary N) is 1. The van der Waals surface area contributed by atoms with Gasteiger partial charge in [0.15, 0.2) is 12.2 Å². The molecule has 0 unspecified atom stereocenters. The average Bonchev–Trinajstić information content (AvgIpc) is 3.03. The predicted octanol–water partition coefficient (Wildman–Crippen LogP) is 3.31. The van der Waals surface area contributed by atoms with Crippen molar-refractivity contribution in [1.29, 1.82) is 0 Å². The minimum atomic E-state index is -0.0723. The Morgan fingerprint density at radius 1 is 1.14 bits per heavy atom. The number of benzene rings is 1. The molecule has 0 aliphatic rings. The molecule has 2 aromatic heterocycles. The van der Waals surface area contributed by atoms with Crippen molar-refractivity contribution in [3.63, 3.8) is 0 Å². The molecular weight excluding hydrogens is 362 g/mol. The number of carbonyl (C=O) groups is 1. The highest BCUT2D eigenvalue weighted by atomic mass is 79.9. The lowest BCUT2D eigenvalue weighted by atomic mass is 10.3. The fraction of sp³-hybridized carbons (Fsp3) is 0.0625. The fourth-order valence-corrected chi connectivity index (χ4v) is 2.64. The summed E-state index contributed by atoms with van der Waals surface area (Å²) in [6, 6.07) is 15.4. The normalized spacial score (nSPS) is 9.82. The number of amides is 1. The topological polar surface area (TPSA) is 45.9 Å². The van der Waals surface area contributed by atoms with Crippen molar-refractivity contribution in [3.05, 3.63) is 66.4 Å². The quantitative estimate of drug-likeness (QED) is 0.709. The number of carbonyl (C=O) groups excluding carboxylic acids is 1. The Hall–Kier alpha value is -2.05. The zero-order chi connectivity index (χ0) is 14.5. The van der Waals surface area contributed by atoms with Gasteiger partial charge in [-0.2, -0.15) is 0 Å². The van der Waals surface area contributed by atoms with Gasteiger partial charge in [-0.05, 0) is 28.6 Å². The van der Waals surface area contributed by atoms with E-state index in [1.807, 2.05) is 60.1 Å². The second-order valence-electron chi connectivity index (χ2n) is 4.51. The number of halogens is 1. The first kappa shape index (κ1) is 16.3. The van der Waals surface area contributed by atoms with E-state index in [9.17, 15) is 4.79 Å². The van der Waals surface area contributed by atoms with E-state index < -0.39 is 0 Å². The Balaban J connectivity index is 0.00000176. The van der Waals surface area contributed by atoms with Gasteiger partial charge < -0.3 is 5.32 Å². The fourth-order valence-electron chi connectivity index (χ4n) is 1.94. The molecule has 112 valence electrons. The first-order chi connectivity index (χ1) is 10.3. The Labute approximate surface area is 143 Å². The van der Waals surface area contributed by atoms with Gasteiger partial charge in [0, 0.05) is 11.8 Å². The van der Waals surface area contributed by atoms with E-state index in [0.717, 1.165) is 16.3 Å². The molecule has 22 heavy (non-hydrogen) atoms. The molecule has 3 aromatic rings. The second kappa shape index (κ2) is 7.82. The third-order valence-electron chi connectivity index (χ3n) is 2.93. The van der Waals surface area contributed by atoms with E-state index in [1.54, 1.807) is 22.2 Å². The molecule has 0 atom stereocenters. The lowest BCUT2D eigenvalue weighted by Gasteiger charge is -2.03. The molecule has 0 aliphatic carbocycles. The number of hydrogen-bond donors (Lipinski definition) is 1. The molecule has 4 nitrogen and oxygen atoms in total. The molecule has 0 fully saturated rings. The van der Waals surface area contributed by atoms with Crippen molar-refractivity contribution in [2.75, 3.05) is 5.32 Å². The number of para-hydroxylation sites is 1. The summed E-state index contributed by atoms with van der Waals surface area (Å²) in [5.41, 5.74) is 1.72. The van der Waals surface area contributed by atoms with Crippen molar-refractivity contribution in [2.45, 2.75) is 6.54 Å². The second-order valence-corrected chi connectivity index (χ2v) is 5.46. The van der Waals surface area contributed by atoms with Crippen molar-refractivity contribution in [1.82, 2.24) is 4.98 Å². The summed E-state index contributed by atoms with van der Waals surface area (Å²) in [5.74, 6) is -0.0723. The smallest absolute Gasteiger partial charge is 0.287 e. The van der Waals surface area contributed by atoms with Crippen LogP contribution in [-0.4, -0.2) is 10.9 Å². The third kappa shape index (κ3) is 4.22. The molecule has 3 rings (SSSR count). The molecule has 6 heteroatoms. The maximum absolute atomic E-state index is 11.9. The number of thiophene rings is 1. The summed E-state index contributed by atoms with van der Waals surface area (Å²) < 4.78 is 1.76. The van der Waals surface area contributed by atoms with Crippen LogP contribution in [0, 0.1) is 0 Å². The van der Waals surface area contributed by atoms with Crippen LogP contribution in [0.2, 0.25) is 0 Å². The van der Waals surface area contributed by atoms with E-state index in [0.29, 0.717) is 0 Å². The molecule has 1 N–H and O–H groups in total. The highest BCUT2D eigenvalue weighted by Crippen LogP contribution is 2.20. The molecule has 0 radical (unpaired) electrons. The average molecular weight is 377 g/mol. The van der Waals surface area contributed by atoms with Crippen LogP contribution < -0.4 is 9.88 Å². The molecule has 1 aromatic carbocycles. The Kier molecular flexibility index (Phi) is 5.80. The number of hydrogen-bond acceptors (Lipinski definition) is 3. The van der Waals surface area contributed by atoms with E-state index in [-0.39, 0.29) is 29.4 Å². The van der Waals surface area contributed by atoms with Gasteiger partial charge in [-0.15, -0.1) is 28.3 Å². The van der Waals surface area contributed by atoms with Crippen molar-refractivity contribution >= 4 is 39.9 Å². The monoisotopic (exact) mass is 376 g/mol. The summed E-state index contributed by atoms with van der Waals surface area (Å²) in [4.78, 5) is 17.4. The first-order valence-corrected chi connectivity index (χ1v) is 7.43. The van der Waals surface area contributed by atoms with Gasteiger partial charge in [-0.25, -0.2) is 4.57 Å². The van der Waals surface area contributed by atoms with Crippen LogP contribution in [0.15, 0.2) is 66.4 Å². The van der Waals surface area contributed by atoms with E-state index in [2.05, 4.69) is 10.3 Å². The predicted molar refractivity (Wildman–Crippen MR) is 93.1 cm³/mol. The Morgan fingerprint density at radius 2 is 1.95 bits per heavy atom. The maximum Gasteiger partial charge on any atom is 0.287 e. The van der Waals surface area contributed by atoms with Crippen LogP contribution >= 0.6 is 28.3 Å². The van der Waals surface area contributed by atoms with E-state index in [1.165, 1.54) is 0 Å². The summed E-state index contributed by atoms with van der Waals surface area (Å²) in [6.45, 7) is 0.243. The number of rotatable bonds is 4. The van der Waals surface area contributed by atoms with Crippen LogP contribution in [0.1, 0.15) is 0 Å². The van der Waals surface area contributed by atoms with Gasteiger partial charge in [0.05, 0.1) is 11.1 Å². The standard InChI is InChI=1S/C16H13N3OS.BrH/c20-16(18-13-5-2-1-3-6-13)11-19-9-8-14(17-12-19)15-7-4-10-21-15;/h1-10,12H,11H2;1H/p+1. The first-order valence-electron chi connectivity index (χ1n) is 6.55. The van der Waals surface area contributed by atoms with Crippen LogP contribution in [0.4, 0.5) is 5.69 Å². The van der Waals surface area contributed by atoms with Crippen molar-refractivity contribution in [3.8, 4) is 10.6 Å². The third-order valence-corrected chi connectivity index (χ3v) is 3.82. The maximum atomic E-state index is 11.9. The van der Waals surface area contributed by atoms with Crippen LogP contribution in [0.5, 0.6) is 0 Å². The lowest BCUT2D eigenvalue weighted by Crippen LogP contribution is -2.40. The molecule has 1 amide bonds.